The standard InChI is InChI=1S/C15H17FN4O2/c1-10-18-19-14(22-10)13-5-3-2-4-8-20(13)15(21)11-6-7-17-9-12(11)16/h6-7,9,13H,2-5,8H2,1H3. The Morgan fingerprint density at radius 1 is 1.36 bits per heavy atom. The molecule has 0 aliphatic carbocycles. The molecule has 7 heteroatoms. The van der Waals surface area contributed by atoms with Gasteiger partial charge in [-0.05, 0) is 18.9 Å². The lowest BCUT2D eigenvalue weighted by Gasteiger charge is -2.27. The predicted octanol–water partition coefficient (Wildman–Crippen LogP) is 2.67. The van der Waals surface area contributed by atoms with Gasteiger partial charge in [0.25, 0.3) is 5.91 Å². The quantitative estimate of drug-likeness (QED) is 0.853. The van der Waals surface area contributed by atoms with Crippen molar-refractivity contribution in [1.82, 2.24) is 20.1 Å². The molecule has 0 aromatic carbocycles. The van der Waals surface area contributed by atoms with E-state index in [4.69, 9.17) is 4.42 Å². The Bertz CT molecular complexity index is 673. The summed E-state index contributed by atoms with van der Waals surface area (Å²) in [4.78, 5) is 18.1. The van der Waals surface area contributed by atoms with Crippen LogP contribution in [-0.4, -0.2) is 32.5 Å². The van der Waals surface area contributed by atoms with E-state index in [1.807, 2.05) is 0 Å². The van der Waals surface area contributed by atoms with Gasteiger partial charge in [0.15, 0.2) is 5.82 Å². The van der Waals surface area contributed by atoms with Crippen LogP contribution in [0.15, 0.2) is 22.9 Å². The summed E-state index contributed by atoms with van der Waals surface area (Å²) >= 11 is 0. The zero-order valence-corrected chi connectivity index (χ0v) is 12.3. The molecule has 0 N–H and O–H groups in total. The molecule has 0 radical (unpaired) electrons. The van der Waals surface area contributed by atoms with Crippen LogP contribution in [0.1, 0.15) is 53.9 Å². The maximum Gasteiger partial charge on any atom is 0.257 e. The monoisotopic (exact) mass is 304 g/mol. The van der Waals surface area contributed by atoms with Crippen molar-refractivity contribution in [2.45, 2.75) is 38.6 Å². The molecule has 1 fully saturated rings. The van der Waals surface area contributed by atoms with Gasteiger partial charge in [0.2, 0.25) is 11.8 Å². The number of carbonyl (C=O) groups excluding carboxylic acids is 1. The van der Waals surface area contributed by atoms with E-state index in [1.54, 1.807) is 11.8 Å². The minimum absolute atomic E-state index is 0.0261. The molecule has 2 aromatic heterocycles. The van der Waals surface area contributed by atoms with Gasteiger partial charge in [0, 0.05) is 19.7 Å². The first kappa shape index (κ1) is 14.6. The topological polar surface area (TPSA) is 72.1 Å². The molecule has 0 spiro atoms. The van der Waals surface area contributed by atoms with Crippen molar-refractivity contribution in [2.75, 3.05) is 6.54 Å². The van der Waals surface area contributed by atoms with Crippen LogP contribution in [0.25, 0.3) is 0 Å². The molecule has 1 aliphatic heterocycles. The number of pyridine rings is 1. The fraction of sp³-hybridized carbons (Fsp3) is 0.467. The Balaban J connectivity index is 1.94. The summed E-state index contributed by atoms with van der Waals surface area (Å²) in [6.45, 7) is 2.26. The first-order chi connectivity index (χ1) is 10.7. The number of likely N-dealkylation sites (tertiary alicyclic amines) is 1. The van der Waals surface area contributed by atoms with E-state index in [2.05, 4.69) is 15.2 Å². The SMILES string of the molecule is Cc1nnc(C2CCCCCN2C(=O)c2ccncc2F)o1. The van der Waals surface area contributed by atoms with Crippen LogP contribution < -0.4 is 0 Å². The van der Waals surface area contributed by atoms with Gasteiger partial charge in [-0.15, -0.1) is 10.2 Å². The van der Waals surface area contributed by atoms with Crippen molar-refractivity contribution >= 4 is 5.91 Å². The van der Waals surface area contributed by atoms with Gasteiger partial charge >= 0.3 is 0 Å². The van der Waals surface area contributed by atoms with E-state index in [1.165, 1.54) is 12.3 Å². The Morgan fingerprint density at radius 3 is 2.95 bits per heavy atom. The van der Waals surface area contributed by atoms with E-state index >= 15 is 0 Å². The fourth-order valence-corrected chi connectivity index (χ4v) is 2.76. The second kappa shape index (κ2) is 6.21. The van der Waals surface area contributed by atoms with Crippen molar-refractivity contribution in [3.63, 3.8) is 0 Å². The smallest absolute Gasteiger partial charge is 0.257 e. The number of amides is 1. The lowest BCUT2D eigenvalue weighted by atomic mass is 10.1. The zero-order chi connectivity index (χ0) is 15.5. The molecule has 3 heterocycles. The Hall–Kier alpha value is -2.31. The highest BCUT2D eigenvalue weighted by Crippen LogP contribution is 2.30. The molecule has 0 saturated carbocycles. The molecule has 1 unspecified atom stereocenters. The third-order valence-electron chi connectivity index (χ3n) is 3.84. The molecule has 1 amide bonds. The summed E-state index contributed by atoms with van der Waals surface area (Å²) in [6.07, 6.45) is 6.07. The number of aromatic nitrogens is 3. The van der Waals surface area contributed by atoms with Crippen molar-refractivity contribution in [1.29, 1.82) is 0 Å². The number of aryl methyl sites for hydroxylation is 1. The molecule has 22 heavy (non-hydrogen) atoms. The predicted molar refractivity (Wildman–Crippen MR) is 75.5 cm³/mol. The first-order valence-electron chi connectivity index (χ1n) is 7.37. The number of hydrogen-bond acceptors (Lipinski definition) is 5. The molecule has 6 nitrogen and oxygen atoms in total. The molecule has 3 rings (SSSR count). The van der Waals surface area contributed by atoms with Gasteiger partial charge in [-0.1, -0.05) is 12.8 Å². The molecule has 1 saturated heterocycles. The molecule has 2 aromatic rings. The minimum atomic E-state index is -0.614. The van der Waals surface area contributed by atoms with E-state index in [9.17, 15) is 9.18 Å². The maximum atomic E-state index is 13.9. The third-order valence-corrected chi connectivity index (χ3v) is 3.84. The molecule has 1 aliphatic rings. The second-order valence-corrected chi connectivity index (χ2v) is 5.38. The average molecular weight is 304 g/mol. The van der Waals surface area contributed by atoms with Crippen LogP contribution in [0.3, 0.4) is 0 Å². The van der Waals surface area contributed by atoms with Crippen molar-refractivity contribution in [2.24, 2.45) is 0 Å². The van der Waals surface area contributed by atoms with Crippen LogP contribution in [0.5, 0.6) is 0 Å². The lowest BCUT2D eigenvalue weighted by molar-refractivity contribution is 0.0646. The van der Waals surface area contributed by atoms with Gasteiger partial charge in [0.05, 0.1) is 11.8 Å². The van der Waals surface area contributed by atoms with Crippen LogP contribution in [0, 0.1) is 12.7 Å². The first-order valence-corrected chi connectivity index (χ1v) is 7.37. The molecule has 116 valence electrons. The summed E-state index contributed by atoms with van der Waals surface area (Å²) < 4.78 is 19.4. The number of halogens is 1. The Kier molecular flexibility index (Phi) is 4.13. The number of nitrogens with zero attached hydrogens (tertiary/aromatic N) is 4. The second-order valence-electron chi connectivity index (χ2n) is 5.38. The summed E-state index contributed by atoms with van der Waals surface area (Å²) in [5.41, 5.74) is 0.0261. The van der Waals surface area contributed by atoms with E-state index in [0.717, 1.165) is 31.9 Å². The van der Waals surface area contributed by atoms with Crippen LogP contribution in [0.4, 0.5) is 4.39 Å². The number of rotatable bonds is 2. The van der Waals surface area contributed by atoms with E-state index < -0.39 is 5.82 Å². The highest BCUT2D eigenvalue weighted by Gasteiger charge is 2.32. The zero-order valence-electron chi connectivity index (χ0n) is 12.3. The Labute approximate surface area is 127 Å². The Morgan fingerprint density at radius 2 is 2.23 bits per heavy atom. The van der Waals surface area contributed by atoms with Crippen LogP contribution in [0.2, 0.25) is 0 Å². The van der Waals surface area contributed by atoms with Crippen molar-refractivity contribution < 1.29 is 13.6 Å². The highest BCUT2D eigenvalue weighted by molar-refractivity contribution is 5.94. The molecular formula is C15H17FN4O2. The molecule has 0 bridgehead atoms. The normalized spacial score (nSPS) is 19.0. The number of carbonyl (C=O) groups is 1. The highest BCUT2D eigenvalue weighted by atomic mass is 19.1. The van der Waals surface area contributed by atoms with E-state index in [-0.39, 0.29) is 17.5 Å². The van der Waals surface area contributed by atoms with Crippen molar-refractivity contribution in [3.8, 4) is 0 Å². The largest absolute Gasteiger partial charge is 0.423 e. The summed E-state index contributed by atoms with van der Waals surface area (Å²) in [5.74, 6) is -0.0937. The van der Waals surface area contributed by atoms with Crippen molar-refractivity contribution in [3.05, 3.63) is 41.6 Å². The molecule has 1 atom stereocenters. The lowest BCUT2D eigenvalue weighted by Crippen LogP contribution is -2.35. The average Bonchev–Trinajstić information content (AvgIpc) is 2.80. The third kappa shape index (κ3) is 2.84. The van der Waals surface area contributed by atoms with E-state index in [0.29, 0.717) is 18.3 Å². The van der Waals surface area contributed by atoms with Gasteiger partial charge in [-0.25, -0.2) is 4.39 Å². The molecular weight excluding hydrogens is 287 g/mol. The summed E-state index contributed by atoms with van der Waals surface area (Å²) in [6, 6.07) is 1.10. The van der Waals surface area contributed by atoms with Gasteiger partial charge in [0.1, 0.15) is 6.04 Å². The van der Waals surface area contributed by atoms with Gasteiger partial charge in [-0.3, -0.25) is 9.78 Å². The van der Waals surface area contributed by atoms with Crippen LogP contribution in [-0.2, 0) is 0 Å². The summed E-state index contributed by atoms with van der Waals surface area (Å²) in [7, 11) is 0. The van der Waals surface area contributed by atoms with Crippen LogP contribution >= 0.6 is 0 Å². The van der Waals surface area contributed by atoms with Gasteiger partial charge in [-0.2, -0.15) is 0 Å². The fourth-order valence-electron chi connectivity index (χ4n) is 2.76. The minimum Gasteiger partial charge on any atom is -0.423 e. The maximum absolute atomic E-state index is 13.9. The summed E-state index contributed by atoms with van der Waals surface area (Å²) in [5, 5.41) is 7.88. The number of hydrogen-bond donors (Lipinski definition) is 0. The van der Waals surface area contributed by atoms with Gasteiger partial charge < -0.3 is 9.32 Å².